The quantitative estimate of drug-likeness (QED) is 0.287. The fraction of sp³-hybridized carbons (Fsp3) is 0.308. The van der Waals surface area contributed by atoms with Crippen molar-refractivity contribution in [3.05, 3.63) is 87.8 Å². The smallest absolute Gasteiger partial charge is 0.270 e. The number of nitrogens with one attached hydrogen (secondary N) is 2. The van der Waals surface area contributed by atoms with E-state index < -0.39 is 0 Å². The number of halogens is 1. The topological polar surface area (TPSA) is 61.0 Å². The summed E-state index contributed by atoms with van der Waals surface area (Å²) < 4.78 is 14.4. The molecule has 2 heterocycles. The molecule has 0 saturated heterocycles. The van der Waals surface area contributed by atoms with Gasteiger partial charge in [0.15, 0.2) is 0 Å². The summed E-state index contributed by atoms with van der Waals surface area (Å²) in [7, 11) is 0. The fourth-order valence-electron chi connectivity index (χ4n) is 3.85. The molecule has 4 aromatic rings. The Labute approximate surface area is 197 Å². The number of para-hydroxylation sites is 1. The highest BCUT2D eigenvalue weighted by atomic mass is 32.1. The van der Waals surface area contributed by atoms with E-state index >= 15 is 0 Å². The predicted octanol–water partition coefficient (Wildman–Crippen LogP) is 5.54. The van der Waals surface area contributed by atoms with E-state index in [1.165, 1.54) is 28.4 Å². The van der Waals surface area contributed by atoms with Gasteiger partial charge in [0.25, 0.3) is 5.91 Å². The van der Waals surface area contributed by atoms with E-state index in [1.54, 1.807) is 11.4 Å². The van der Waals surface area contributed by atoms with E-state index in [1.807, 2.05) is 30.5 Å². The second-order valence-electron chi connectivity index (χ2n) is 8.15. The zero-order valence-corrected chi connectivity index (χ0v) is 19.6. The number of benzene rings is 2. The lowest BCUT2D eigenvalue weighted by Gasteiger charge is -2.21. The van der Waals surface area contributed by atoms with Crippen molar-refractivity contribution in [3.8, 4) is 0 Å². The summed E-state index contributed by atoms with van der Waals surface area (Å²) in [6.45, 7) is 4.53. The first-order valence-electron chi connectivity index (χ1n) is 11.4. The largest absolute Gasteiger partial charge is 0.361 e. The van der Waals surface area contributed by atoms with Crippen molar-refractivity contribution in [2.24, 2.45) is 0 Å². The van der Waals surface area contributed by atoms with Crippen molar-refractivity contribution in [1.82, 2.24) is 20.2 Å². The number of H-pyrrole nitrogens is 1. The molecule has 0 saturated carbocycles. The highest BCUT2D eigenvalue weighted by Crippen LogP contribution is 2.21. The van der Waals surface area contributed by atoms with Crippen LogP contribution in [0.4, 0.5) is 4.39 Å². The van der Waals surface area contributed by atoms with Crippen LogP contribution in [0.2, 0.25) is 0 Å². The highest BCUT2D eigenvalue weighted by molar-refractivity contribution is 7.09. The van der Waals surface area contributed by atoms with Gasteiger partial charge in [-0.25, -0.2) is 9.37 Å². The molecule has 0 aliphatic carbocycles. The first-order valence-corrected chi connectivity index (χ1v) is 12.3. The van der Waals surface area contributed by atoms with Gasteiger partial charge in [0.1, 0.15) is 16.5 Å². The Bertz CT molecular complexity index is 1200. The van der Waals surface area contributed by atoms with Gasteiger partial charge in [-0.05, 0) is 30.5 Å². The van der Waals surface area contributed by atoms with Crippen LogP contribution in [-0.4, -0.2) is 33.9 Å². The number of aromatic amines is 1. The molecular formula is C26H29FN4OS. The van der Waals surface area contributed by atoms with Crippen LogP contribution in [-0.2, 0) is 19.5 Å². The molecule has 0 spiro atoms. The molecule has 0 fully saturated rings. The Morgan fingerprint density at radius 2 is 1.94 bits per heavy atom. The zero-order chi connectivity index (χ0) is 23.0. The summed E-state index contributed by atoms with van der Waals surface area (Å²) in [5, 5.41) is 6.78. The van der Waals surface area contributed by atoms with E-state index in [0.717, 1.165) is 36.3 Å². The maximum absolute atomic E-state index is 14.4. The summed E-state index contributed by atoms with van der Waals surface area (Å²) in [5.41, 5.74) is 3.46. The van der Waals surface area contributed by atoms with Crippen LogP contribution in [0.5, 0.6) is 0 Å². The van der Waals surface area contributed by atoms with Crippen LogP contribution in [0.3, 0.4) is 0 Å². The number of rotatable bonds is 11. The van der Waals surface area contributed by atoms with Gasteiger partial charge in [-0.15, -0.1) is 11.3 Å². The third kappa shape index (κ3) is 6.06. The van der Waals surface area contributed by atoms with Crippen LogP contribution in [0.25, 0.3) is 10.9 Å². The molecule has 172 valence electrons. The van der Waals surface area contributed by atoms with Crippen molar-refractivity contribution in [2.75, 3.05) is 13.1 Å². The standard InChI is InChI=1S/C26H29FN4OS/c1-2-3-13-28-26(32)24-18-33-25(30-24)17-31(16-20-8-4-6-10-22(20)27)14-12-19-15-29-23-11-7-5-9-21(19)23/h4-11,15,18,29H,2-3,12-14,16-17H2,1H3,(H,28,32). The lowest BCUT2D eigenvalue weighted by Crippen LogP contribution is -2.26. The normalized spacial score (nSPS) is 11.4. The molecule has 2 N–H and O–H groups in total. The van der Waals surface area contributed by atoms with Crippen LogP contribution in [0.15, 0.2) is 60.1 Å². The second-order valence-corrected chi connectivity index (χ2v) is 9.09. The van der Waals surface area contributed by atoms with Crippen molar-refractivity contribution in [2.45, 2.75) is 39.3 Å². The minimum absolute atomic E-state index is 0.134. The molecule has 4 rings (SSSR count). The molecule has 7 heteroatoms. The maximum Gasteiger partial charge on any atom is 0.270 e. The Balaban J connectivity index is 1.47. The van der Waals surface area contributed by atoms with E-state index in [9.17, 15) is 9.18 Å². The van der Waals surface area contributed by atoms with Crippen LogP contribution in [0, 0.1) is 5.82 Å². The molecule has 0 bridgehead atoms. The molecule has 1 amide bonds. The number of carbonyl (C=O) groups excluding carboxylic acids is 1. The van der Waals surface area contributed by atoms with Crippen LogP contribution >= 0.6 is 11.3 Å². The zero-order valence-electron chi connectivity index (χ0n) is 18.8. The number of aromatic nitrogens is 2. The molecule has 2 aromatic heterocycles. The van der Waals surface area contributed by atoms with E-state index in [-0.39, 0.29) is 11.7 Å². The Kier molecular flexibility index (Phi) is 7.86. The maximum atomic E-state index is 14.4. The number of unbranched alkanes of at least 4 members (excludes halogenated alkanes) is 1. The first-order chi connectivity index (χ1) is 16.1. The van der Waals surface area contributed by atoms with Gasteiger partial charge in [0.2, 0.25) is 0 Å². The third-order valence-corrected chi connectivity index (χ3v) is 6.52. The van der Waals surface area contributed by atoms with Gasteiger partial charge in [-0.1, -0.05) is 49.7 Å². The Hall–Kier alpha value is -3.03. The summed E-state index contributed by atoms with van der Waals surface area (Å²) in [4.78, 5) is 22.4. The van der Waals surface area contributed by atoms with Gasteiger partial charge in [-0.3, -0.25) is 9.69 Å². The lowest BCUT2D eigenvalue weighted by atomic mass is 10.1. The lowest BCUT2D eigenvalue weighted by molar-refractivity contribution is 0.0948. The minimum atomic E-state index is -0.204. The number of nitrogens with zero attached hydrogens (tertiary/aromatic N) is 2. The summed E-state index contributed by atoms with van der Waals surface area (Å²) in [5.74, 6) is -0.338. The first kappa shape index (κ1) is 23.1. The SMILES string of the molecule is CCCCNC(=O)c1csc(CN(CCc2c[nH]c3ccccc23)Cc2ccccc2F)n1. The molecule has 0 unspecified atom stereocenters. The van der Waals surface area contributed by atoms with Crippen molar-refractivity contribution >= 4 is 28.1 Å². The number of hydrogen-bond donors (Lipinski definition) is 2. The molecule has 5 nitrogen and oxygen atoms in total. The number of amides is 1. The molecule has 0 aliphatic rings. The summed E-state index contributed by atoms with van der Waals surface area (Å²) in [6.07, 6.45) is 4.86. The van der Waals surface area contributed by atoms with Crippen molar-refractivity contribution in [3.63, 3.8) is 0 Å². The molecule has 0 atom stereocenters. The molecule has 0 radical (unpaired) electrons. The average molecular weight is 465 g/mol. The monoisotopic (exact) mass is 464 g/mol. The Morgan fingerprint density at radius 3 is 2.79 bits per heavy atom. The average Bonchev–Trinajstić information content (AvgIpc) is 3.46. The van der Waals surface area contributed by atoms with Crippen molar-refractivity contribution in [1.29, 1.82) is 0 Å². The second kappa shape index (κ2) is 11.2. The van der Waals surface area contributed by atoms with Gasteiger partial charge in [0.05, 0.1) is 6.54 Å². The summed E-state index contributed by atoms with van der Waals surface area (Å²) in [6, 6.07) is 15.1. The van der Waals surface area contributed by atoms with Crippen LogP contribution in [0.1, 0.15) is 46.4 Å². The summed E-state index contributed by atoms with van der Waals surface area (Å²) >= 11 is 1.47. The number of thiazole rings is 1. The minimum Gasteiger partial charge on any atom is -0.361 e. The molecule has 0 aliphatic heterocycles. The molecular weight excluding hydrogens is 435 g/mol. The molecule has 33 heavy (non-hydrogen) atoms. The number of carbonyl (C=O) groups is 1. The van der Waals surface area contributed by atoms with Crippen molar-refractivity contribution < 1.29 is 9.18 Å². The van der Waals surface area contributed by atoms with E-state index in [0.29, 0.717) is 30.9 Å². The van der Waals surface area contributed by atoms with E-state index in [2.05, 4.69) is 39.2 Å². The van der Waals surface area contributed by atoms with Gasteiger partial charge in [-0.2, -0.15) is 0 Å². The number of hydrogen-bond acceptors (Lipinski definition) is 4. The van der Waals surface area contributed by atoms with Gasteiger partial charge in [0, 0.05) is 47.7 Å². The van der Waals surface area contributed by atoms with Gasteiger partial charge >= 0.3 is 0 Å². The van der Waals surface area contributed by atoms with E-state index in [4.69, 9.17) is 0 Å². The third-order valence-electron chi connectivity index (χ3n) is 5.68. The van der Waals surface area contributed by atoms with Crippen LogP contribution < -0.4 is 5.32 Å². The number of fused-ring (bicyclic) bond motifs is 1. The molecule has 2 aromatic carbocycles. The van der Waals surface area contributed by atoms with Gasteiger partial charge < -0.3 is 10.3 Å². The highest BCUT2D eigenvalue weighted by Gasteiger charge is 2.16. The predicted molar refractivity (Wildman–Crippen MR) is 132 cm³/mol. The fourth-order valence-corrected chi connectivity index (χ4v) is 4.66. The Morgan fingerprint density at radius 1 is 1.12 bits per heavy atom.